The highest BCUT2D eigenvalue weighted by molar-refractivity contribution is 7.89. The fourth-order valence-electron chi connectivity index (χ4n) is 4.48. The minimum atomic E-state index is -3.70. The van der Waals surface area contributed by atoms with Crippen LogP contribution in [0.4, 0.5) is 5.69 Å². The molecule has 0 bridgehead atoms. The highest BCUT2D eigenvalue weighted by Crippen LogP contribution is 2.27. The van der Waals surface area contributed by atoms with Crippen molar-refractivity contribution in [2.75, 3.05) is 20.2 Å². The molecule has 1 aliphatic heterocycles. The number of nitro groups is 1. The molecular formula is C24H26N4O7S2. The average molecular weight is 547 g/mol. The number of aromatic nitrogens is 1. The lowest BCUT2D eigenvalue weighted by Gasteiger charge is -2.34. The van der Waals surface area contributed by atoms with Gasteiger partial charge in [-0.2, -0.15) is 9.30 Å². The molecular weight excluding hydrogens is 520 g/mol. The van der Waals surface area contributed by atoms with Gasteiger partial charge < -0.3 is 9.30 Å². The molecule has 4 rings (SSSR count). The fourth-order valence-corrected chi connectivity index (χ4v) is 7.22. The first-order valence-electron chi connectivity index (χ1n) is 11.5. The van der Waals surface area contributed by atoms with Gasteiger partial charge in [-0.15, -0.1) is 0 Å². The lowest BCUT2D eigenvalue weighted by Crippen LogP contribution is -2.42. The van der Waals surface area contributed by atoms with E-state index in [-0.39, 0.29) is 39.3 Å². The van der Waals surface area contributed by atoms with Crippen LogP contribution in [0, 0.1) is 22.0 Å². The molecule has 196 valence electrons. The van der Waals surface area contributed by atoms with E-state index < -0.39 is 26.8 Å². The van der Waals surface area contributed by atoms with Crippen LogP contribution in [0.3, 0.4) is 0 Å². The molecule has 0 aliphatic carbocycles. The van der Waals surface area contributed by atoms with E-state index in [4.69, 9.17) is 4.74 Å². The maximum absolute atomic E-state index is 13.1. The second-order valence-corrected chi connectivity index (χ2v) is 12.1. The summed E-state index contributed by atoms with van der Waals surface area (Å²) in [6.07, 6.45) is 0.974. The van der Waals surface area contributed by atoms with E-state index in [1.165, 1.54) is 58.4 Å². The van der Waals surface area contributed by atoms with Gasteiger partial charge >= 0.3 is 5.97 Å². The van der Waals surface area contributed by atoms with Gasteiger partial charge in [0, 0.05) is 30.8 Å². The molecule has 1 aromatic heterocycles. The summed E-state index contributed by atoms with van der Waals surface area (Å²) in [5.74, 6) is -0.707. The van der Waals surface area contributed by atoms with Gasteiger partial charge in [-0.25, -0.2) is 8.42 Å². The van der Waals surface area contributed by atoms with E-state index in [1.807, 2.05) is 13.8 Å². The molecule has 1 saturated heterocycles. The smallest absolute Gasteiger partial charge is 0.325 e. The largest absolute Gasteiger partial charge is 0.468 e. The maximum atomic E-state index is 13.1. The zero-order chi connectivity index (χ0) is 26.9. The Morgan fingerprint density at radius 2 is 1.78 bits per heavy atom. The predicted octanol–water partition coefficient (Wildman–Crippen LogP) is 3.19. The van der Waals surface area contributed by atoms with Gasteiger partial charge in [0.1, 0.15) is 6.54 Å². The predicted molar refractivity (Wildman–Crippen MR) is 137 cm³/mol. The topological polar surface area (TPSA) is 141 Å². The van der Waals surface area contributed by atoms with Crippen LogP contribution in [-0.4, -0.2) is 54.3 Å². The number of hydrogen-bond acceptors (Lipinski definition) is 8. The quantitative estimate of drug-likeness (QED) is 0.263. The summed E-state index contributed by atoms with van der Waals surface area (Å²) >= 11 is 1.02. The van der Waals surface area contributed by atoms with Crippen LogP contribution in [0.25, 0.3) is 10.2 Å². The summed E-state index contributed by atoms with van der Waals surface area (Å²) in [6.45, 7) is 4.71. The normalized spacial score (nSPS) is 19.2. The Labute approximate surface area is 217 Å². The van der Waals surface area contributed by atoms with Crippen molar-refractivity contribution >= 4 is 49.1 Å². The zero-order valence-electron chi connectivity index (χ0n) is 20.5. The van der Waals surface area contributed by atoms with Gasteiger partial charge in [-0.05, 0) is 48.6 Å². The van der Waals surface area contributed by atoms with E-state index in [1.54, 1.807) is 0 Å². The zero-order valence-corrected chi connectivity index (χ0v) is 22.1. The molecule has 2 aromatic carbocycles. The number of benzene rings is 2. The van der Waals surface area contributed by atoms with E-state index in [0.29, 0.717) is 23.3 Å². The minimum Gasteiger partial charge on any atom is -0.468 e. The average Bonchev–Trinajstić information content (AvgIpc) is 3.19. The van der Waals surface area contributed by atoms with Crippen LogP contribution in [0.5, 0.6) is 0 Å². The number of thiazole rings is 1. The van der Waals surface area contributed by atoms with E-state index in [2.05, 4.69) is 4.99 Å². The maximum Gasteiger partial charge on any atom is 0.325 e. The number of hydrogen-bond donors (Lipinski definition) is 0. The molecule has 0 spiro atoms. The number of piperidine rings is 1. The second kappa shape index (κ2) is 10.5. The monoisotopic (exact) mass is 546 g/mol. The summed E-state index contributed by atoms with van der Waals surface area (Å²) in [6, 6.07) is 9.71. The first-order valence-corrected chi connectivity index (χ1v) is 13.8. The Morgan fingerprint density at radius 3 is 2.38 bits per heavy atom. The van der Waals surface area contributed by atoms with Crippen molar-refractivity contribution in [3.05, 3.63) is 62.9 Å². The summed E-state index contributed by atoms with van der Waals surface area (Å²) in [5, 5.41) is 11.2. The third kappa shape index (κ3) is 5.63. The van der Waals surface area contributed by atoms with Crippen molar-refractivity contribution in [3.63, 3.8) is 0 Å². The minimum absolute atomic E-state index is 0.0975. The molecule has 2 unspecified atom stereocenters. The molecule has 11 nitrogen and oxygen atoms in total. The van der Waals surface area contributed by atoms with Gasteiger partial charge in [0.2, 0.25) is 10.0 Å². The van der Waals surface area contributed by atoms with Crippen LogP contribution >= 0.6 is 11.3 Å². The van der Waals surface area contributed by atoms with Crippen LogP contribution in [0.15, 0.2) is 52.4 Å². The van der Waals surface area contributed by atoms with Crippen molar-refractivity contribution in [1.29, 1.82) is 0 Å². The third-order valence-electron chi connectivity index (χ3n) is 6.16. The molecule has 37 heavy (non-hydrogen) atoms. The van der Waals surface area contributed by atoms with E-state index in [0.717, 1.165) is 17.8 Å². The number of methoxy groups -OCH3 is 1. The summed E-state index contributed by atoms with van der Waals surface area (Å²) in [5.41, 5.74) is 0.512. The molecule has 0 N–H and O–H groups in total. The van der Waals surface area contributed by atoms with Gasteiger partial charge in [0.25, 0.3) is 11.6 Å². The first kappa shape index (κ1) is 26.6. The van der Waals surface area contributed by atoms with Gasteiger partial charge in [-0.1, -0.05) is 25.2 Å². The number of carbonyl (C=O) groups is 2. The van der Waals surface area contributed by atoms with E-state index in [9.17, 15) is 28.1 Å². The number of carbonyl (C=O) groups excluding carboxylic acids is 2. The summed E-state index contributed by atoms with van der Waals surface area (Å²) in [4.78, 5) is 39.9. The Morgan fingerprint density at radius 1 is 1.14 bits per heavy atom. The third-order valence-corrected chi connectivity index (χ3v) is 9.05. The number of fused-ring (bicyclic) bond motifs is 1. The van der Waals surface area contributed by atoms with Crippen molar-refractivity contribution in [2.24, 2.45) is 16.8 Å². The number of ether oxygens (including phenoxy) is 1. The Bertz CT molecular complexity index is 1530. The number of esters is 1. The van der Waals surface area contributed by atoms with Crippen molar-refractivity contribution < 1.29 is 27.7 Å². The van der Waals surface area contributed by atoms with Crippen LogP contribution in [0.1, 0.15) is 30.6 Å². The number of sulfonamides is 1. The number of nitrogens with zero attached hydrogens (tertiary/aromatic N) is 4. The Kier molecular flexibility index (Phi) is 7.57. The van der Waals surface area contributed by atoms with Crippen molar-refractivity contribution in [1.82, 2.24) is 8.87 Å². The Balaban J connectivity index is 1.67. The number of rotatable bonds is 6. The van der Waals surface area contributed by atoms with Crippen LogP contribution < -0.4 is 4.80 Å². The standard InChI is InChI=1S/C24H26N4O7S2/c1-15-10-16(2)13-26(12-15)37(33,34)19-7-4-17(5-8-19)23(30)25-24-27(14-22(29)35-3)20-9-6-18(28(31)32)11-21(20)36-24/h4-9,11,15-16H,10,12-14H2,1-3H3. The van der Waals surface area contributed by atoms with Crippen molar-refractivity contribution in [2.45, 2.75) is 31.7 Å². The lowest BCUT2D eigenvalue weighted by atomic mass is 9.94. The molecule has 1 amide bonds. The SMILES string of the molecule is COC(=O)Cn1c(=NC(=O)c2ccc(S(=O)(=O)N3CC(C)CC(C)C3)cc2)sc2cc([N+](=O)[O-])ccc21. The van der Waals surface area contributed by atoms with Gasteiger partial charge in [0.05, 0.1) is 27.1 Å². The number of amides is 1. The Hall–Kier alpha value is -3.42. The number of non-ortho nitro benzene ring substituents is 1. The molecule has 1 aliphatic rings. The summed E-state index contributed by atoms with van der Waals surface area (Å²) in [7, 11) is -2.47. The van der Waals surface area contributed by atoms with Crippen molar-refractivity contribution in [3.8, 4) is 0 Å². The van der Waals surface area contributed by atoms with Crippen LogP contribution in [0.2, 0.25) is 0 Å². The molecule has 3 aromatic rings. The van der Waals surface area contributed by atoms with Gasteiger partial charge in [-0.3, -0.25) is 19.7 Å². The molecule has 0 saturated carbocycles. The molecule has 0 radical (unpaired) electrons. The second-order valence-electron chi connectivity index (χ2n) is 9.17. The number of nitro benzene ring substituents is 1. The van der Waals surface area contributed by atoms with Gasteiger partial charge in [0.15, 0.2) is 4.80 Å². The molecule has 2 heterocycles. The van der Waals surface area contributed by atoms with Crippen LogP contribution in [-0.2, 0) is 26.1 Å². The van der Waals surface area contributed by atoms with E-state index >= 15 is 0 Å². The summed E-state index contributed by atoms with van der Waals surface area (Å²) < 4.78 is 34.4. The highest BCUT2D eigenvalue weighted by Gasteiger charge is 2.31. The first-order chi connectivity index (χ1) is 17.5. The molecule has 13 heteroatoms. The molecule has 2 atom stereocenters. The fraction of sp³-hybridized carbons (Fsp3) is 0.375. The highest BCUT2D eigenvalue weighted by atomic mass is 32.2. The lowest BCUT2D eigenvalue weighted by molar-refractivity contribution is -0.384. The molecule has 1 fully saturated rings.